The first-order valence-electron chi connectivity index (χ1n) is 11.2. The van der Waals surface area contributed by atoms with Gasteiger partial charge in [0.2, 0.25) is 17.7 Å². The monoisotopic (exact) mass is 449 g/mol. The summed E-state index contributed by atoms with van der Waals surface area (Å²) in [6, 6.07) is -0.328. The molecule has 2 fully saturated rings. The van der Waals surface area contributed by atoms with Crippen LogP contribution in [0, 0.1) is 23.2 Å². The van der Waals surface area contributed by atoms with E-state index in [1.54, 1.807) is 20.8 Å². The van der Waals surface area contributed by atoms with Crippen LogP contribution in [0.5, 0.6) is 0 Å². The smallest absolute Gasteiger partial charge is 0.408 e. The lowest BCUT2D eigenvalue weighted by Crippen LogP contribution is -2.56. The second-order valence-corrected chi connectivity index (χ2v) is 9.76. The van der Waals surface area contributed by atoms with Gasteiger partial charge in [0.15, 0.2) is 0 Å². The molecule has 2 heterocycles. The molecular formula is C22H35N5O5. The van der Waals surface area contributed by atoms with Crippen molar-refractivity contribution in [2.24, 2.45) is 11.8 Å². The zero-order valence-corrected chi connectivity index (χ0v) is 19.6. The van der Waals surface area contributed by atoms with Crippen LogP contribution in [-0.4, -0.2) is 65.5 Å². The van der Waals surface area contributed by atoms with Gasteiger partial charge in [-0.1, -0.05) is 13.8 Å². The van der Waals surface area contributed by atoms with E-state index in [0.29, 0.717) is 32.4 Å². The molecule has 2 rings (SSSR count). The standard InChI is InChI=1S/C22H35N5O5/c1-13(2)17(26-21(31)32-22(3,4)5)20(30)27-10-6-7-16(27)19(29)25-15(12-23)11-14-8-9-24-18(14)28/h13-17H,6-11H2,1-5H3,(H,24,28)(H,25,29)(H,26,31)/t14-,15-,16-,17-/m0/s1. The molecule has 178 valence electrons. The molecule has 2 aliphatic heterocycles. The third-order valence-corrected chi connectivity index (χ3v) is 5.60. The predicted molar refractivity (Wildman–Crippen MR) is 116 cm³/mol. The minimum absolute atomic E-state index is 0.106. The van der Waals surface area contributed by atoms with E-state index >= 15 is 0 Å². The number of hydrogen-bond donors (Lipinski definition) is 3. The van der Waals surface area contributed by atoms with Crippen LogP contribution in [0.4, 0.5) is 4.79 Å². The number of rotatable bonds is 7. The molecule has 0 spiro atoms. The molecule has 0 aromatic heterocycles. The zero-order chi connectivity index (χ0) is 24.1. The molecule has 0 aromatic carbocycles. The second kappa shape index (κ2) is 10.7. The van der Waals surface area contributed by atoms with Crippen molar-refractivity contribution in [3.8, 4) is 6.07 Å². The average molecular weight is 450 g/mol. The third kappa shape index (κ3) is 6.84. The van der Waals surface area contributed by atoms with Gasteiger partial charge in [0.1, 0.15) is 23.7 Å². The maximum Gasteiger partial charge on any atom is 0.408 e. The highest BCUT2D eigenvalue weighted by Gasteiger charge is 2.40. The molecule has 0 aromatic rings. The van der Waals surface area contributed by atoms with Gasteiger partial charge in [-0.25, -0.2) is 4.79 Å². The van der Waals surface area contributed by atoms with Crippen molar-refractivity contribution in [2.75, 3.05) is 13.1 Å². The van der Waals surface area contributed by atoms with Crippen LogP contribution in [0.3, 0.4) is 0 Å². The number of ether oxygens (including phenoxy) is 1. The van der Waals surface area contributed by atoms with Crippen LogP contribution in [0.2, 0.25) is 0 Å². The molecule has 0 aliphatic carbocycles. The summed E-state index contributed by atoms with van der Waals surface area (Å²) in [7, 11) is 0. The summed E-state index contributed by atoms with van der Waals surface area (Å²) < 4.78 is 5.28. The van der Waals surface area contributed by atoms with Crippen molar-refractivity contribution in [1.82, 2.24) is 20.9 Å². The van der Waals surface area contributed by atoms with Gasteiger partial charge in [0, 0.05) is 19.0 Å². The van der Waals surface area contributed by atoms with Crippen molar-refractivity contribution < 1.29 is 23.9 Å². The van der Waals surface area contributed by atoms with Crippen molar-refractivity contribution in [3.05, 3.63) is 0 Å². The summed E-state index contributed by atoms with van der Waals surface area (Å²) in [4.78, 5) is 51.6. The van der Waals surface area contributed by atoms with Crippen molar-refractivity contribution in [3.63, 3.8) is 0 Å². The van der Waals surface area contributed by atoms with E-state index in [-0.39, 0.29) is 30.1 Å². The van der Waals surface area contributed by atoms with Gasteiger partial charge in [-0.05, 0) is 52.4 Å². The molecule has 2 aliphatic rings. The molecule has 2 saturated heterocycles. The van der Waals surface area contributed by atoms with E-state index in [2.05, 4.69) is 16.0 Å². The number of likely N-dealkylation sites (tertiary alicyclic amines) is 1. The Hall–Kier alpha value is -2.83. The molecule has 0 unspecified atom stereocenters. The number of carbonyl (C=O) groups excluding carboxylic acids is 4. The Morgan fingerprint density at radius 1 is 1.25 bits per heavy atom. The molecule has 0 bridgehead atoms. The predicted octanol–water partition coefficient (Wildman–Crippen LogP) is 1.06. The van der Waals surface area contributed by atoms with Gasteiger partial charge in [0.25, 0.3) is 0 Å². The first kappa shape index (κ1) is 25.4. The van der Waals surface area contributed by atoms with E-state index in [0.717, 1.165) is 0 Å². The average Bonchev–Trinajstić information content (AvgIpc) is 3.32. The molecule has 0 radical (unpaired) electrons. The molecular weight excluding hydrogens is 414 g/mol. The van der Waals surface area contributed by atoms with Crippen LogP contribution in [0.15, 0.2) is 0 Å². The highest BCUT2D eigenvalue weighted by molar-refractivity contribution is 5.92. The Morgan fingerprint density at radius 3 is 2.47 bits per heavy atom. The van der Waals surface area contributed by atoms with Crippen LogP contribution in [0.1, 0.15) is 60.3 Å². The maximum atomic E-state index is 13.2. The van der Waals surface area contributed by atoms with E-state index in [4.69, 9.17) is 4.74 Å². The topological polar surface area (TPSA) is 141 Å². The number of nitriles is 1. The summed E-state index contributed by atoms with van der Waals surface area (Å²) >= 11 is 0. The Balaban J connectivity index is 2.03. The summed E-state index contributed by atoms with van der Waals surface area (Å²) in [5, 5.41) is 17.5. The first-order valence-corrected chi connectivity index (χ1v) is 11.2. The van der Waals surface area contributed by atoms with E-state index in [1.165, 1.54) is 4.90 Å². The largest absolute Gasteiger partial charge is 0.444 e. The first-order chi connectivity index (χ1) is 14.9. The van der Waals surface area contributed by atoms with Gasteiger partial charge in [0.05, 0.1) is 6.07 Å². The fourth-order valence-corrected chi connectivity index (χ4v) is 4.00. The number of amides is 4. The van der Waals surface area contributed by atoms with Crippen LogP contribution in [-0.2, 0) is 19.1 Å². The second-order valence-electron chi connectivity index (χ2n) is 9.76. The molecule has 4 amide bonds. The summed E-state index contributed by atoms with van der Waals surface area (Å²) in [6.45, 7) is 9.79. The lowest BCUT2D eigenvalue weighted by atomic mass is 9.98. The van der Waals surface area contributed by atoms with E-state index in [1.807, 2.05) is 19.9 Å². The number of carbonyl (C=O) groups is 4. The van der Waals surface area contributed by atoms with Crippen molar-refractivity contribution in [2.45, 2.75) is 84.0 Å². The van der Waals surface area contributed by atoms with Crippen LogP contribution < -0.4 is 16.0 Å². The quantitative estimate of drug-likeness (QED) is 0.531. The lowest BCUT2D eigenvalue weighted by Gasteiger charge is -2.31. The number of nitrogens with one attached hydrogen (secondary N) is 3. The fraction of sp³-hybridized carbons (Fsp3) is 0.773. The lowest BCUT2D eigenvalue weighted by molar-refractivity contribution is -0.141. The Kier molecular flexibility index (Phi) is 8.47. The van der Waals surface area contributed by atoms with Gasteiger partial charge in [-0.2, -0.15) is 5.26 Å². The number of nitrogens with zero attached hydrogens (tertiary/aromatic N) is 2. The third-order valence-electron chi connectivity index (χ3n) is 5.60. The summed E-state index contributed by atoms with van der Waals surface area (Å²) in [6.07, 6.45) is 1.29. The van der Waals surface area contributed by atoms with Crippen molar-refractivity contribution in [1.29, 1.82) is 5.26 Å². The summed E-state index contributed by atoms with van der Waals surface area (Å²) in [5.74, 6) is -1.39. The Morgan fingerprint density at radius 2 is 1.94 bits per heavy atom. The molecule has 4 atom stereocenters. The molecule has 3 N–H and O–H groups in total. The fourth-order valence-electron chi connectivity index (χ4n) is 4.00. The van der Waals surface area contributed by atoms with Gasteiger partial charge in [-0.3, -0.25) is 14.4 Å². The normalized spacial score (nSPS) is 22.7. The Labute approximate surface area is 189 Å². The number of alkyl carbamates (subject to hydrolysis) is 1. The zero-order valence-electron chi connectivity index (χ0n) is 19.6. The number of hydrogen-bond acceptors (Lipinski definition) is 6. The molecule has 10 nitrogen and oxygen atoms in total. The Bertz CT molecular complexity index is 770. The van der Waals surface area contributed by atoms with Crippen LogP contribution >= 0.6 is 0 Å². The highest BCUT2D eigenvalue weighted by Crippen LogP contribution is 2.22. The highest BCUT2D eigenvalue weighted by atomic mass is 16.6. The molecule has 0 saturated carbocycles. The molecule has 10 heteroatoms. The minimum Gasteiger partial charge on any atom is -0.444 e. The van der Waals surface area contributed by atoms with Crippen molar-refractivity contribution >= 4 is 23.8 Å². The minimum atomic E-state index is -0.841. The van der Waals surface area contributed by atoms with Gasteiger partial charge in [-0.15, -0.1) is 0 Å². The van der Waals surface area contributed by atoms with E-state index in [9.17, 15) is 24.4 Å². The maximum absolute atomic E-state index is 13.2. The SMILES string of the molecule is CC(C)[C@H](NC(=O)OC(C)(C)C)C(=O)N1CCC[C@H]1C(=O)N[C@H](C#N)C[C@@H]1CCNC1=O. The molecule has 32 heavy (non-hydrogen) atoms. The van der Waals surface area contributed by atoms with Gasteiger partial charge < -0.3 is 25.6 Å². The van der Waals surface area contributed by atoms with E-state index < -0.39 is 35.7 Å². The van der Waals surface area contributed by atoms with Gasteiger partial charge >= 0.3 is 6.09 Å². The van der Waals surface area contributed by atoms with Crippen LogP contribution in [0.25, 0.3) is 0 Å². The summed E-state index contributed by atoms with van der Waals surface area (Å²) in [5.41, 5.74) is -0.701.